The SMILES string of the molecule is NC(=O)NC(=O)CNCc1ccc(F)cc1F. The number of carbonyl (C=O) groups is 2. The maximum atomic E-state index is 13.1. The Kier molecular flexibility index (Phi) is 4.53. The molecule has 7 heteroatoms. The van der Waals surface area contributed by atoms with E-state index in [-0.39, 0.29) is 18.7 Å². The molecule has 0 saturated heterocycles. The second-order valence-electron chi connectivity index (χ2n) is 3.25. The van der Waals surface area contributed by atoms with Crippen molar-refractivity contribution in [3.8, 4) is 0 Å². The number of imide groups is 1. The third-order valence-corrected chi connectivity index (χ3v) is 1.88. The summed E-state index contributed by atoms with van der Waals surface area (Å²) in [6, 6.07) is 2.18. The first-order valence-electron chi connectivity index (χ1n) is 4.73. The summed E-state index contributed by atoms with van der Waals surface area (Å²) in [4.78, 5) is 21.2. The highest BCUT2D eigenvalue weighted by molar-refractivity contribution is 5.94. The first-order chi connectivity index (χ1) is 7.99. The van der Waals surface area contributed by atoms with Crippen LogP contribution in [0.1, 0.15) is 5.56 Å². The van der Waals surface area contributed by atoms with Gasteiger partial charge >= 0.3 is 6.03 Å². The molecule has 0 spiro atoms. The van der Waals surface area contributed by atoms with Crippen molar-refractivity contribution in [3.05, 3.63) is 35.4 Å². The van der Waals surface area contributed by atoms with Gasteiger partial charge in [-0.15, -0.1) is 0 Å². The molecule has 92 valence electrons. The lowest BCUT2D eigenvalue weighted by Gasteiger charge is -2.05. The van der Waals surface area contributed by atoms with Crippen molar-refractivity contribution in [2.75, 3.05) is 6.54 Å². The molecule has 0 radical (unpaired) electrons. The minimum absolute atomic E-state index is 0.0400. The van der Waals surface area contributed by atoms with Gasteiger partial charge in [0.05, 0.1) is 6.54 Å². The minimum Gasteiger partial charge on any atom is -0.351 e. The van der Waals surface area contributed by atoms with Gasteiger partial charge in [-0.25, -0.2) is 13.6 Å². The Morgan fingerprint density at radius 3 is 2.59 bits per heavy atom. The number of hydrogen-bond acceptors (Lipinski definition) is 3. The maximum absolute atomic E-state index is 13.1. The number of urea groups is 1. The Hall–Kier alpha value is -2.02. The minimum atomic E-state index is -0.954. The van der Waals surface area contributed by atoms with Crippen LogP contribution in [0, 0.1) is 11.6 Å². The standard InChI is InChI=1S/C10H11F2N3O2/c11-7-2-1-6(8(12)3-7)4-14-5-9(16)15-10(13)17/h1-3,14H,4-5H2,(H3,13,15,16,17). The summed E-state index contributed by atoms with van der Waals surface area (Å²) in [7, 11) is 0. The highest BCUT2D eigenvalue weighted by Crippen LogP contribution is 2.08. The molecule has 4 N–H and O–H groups in total. The number of rotatable bonds is 4. The monoisotopic (exact) mass is 243 g/mol. The number of nitrogens with two attached hydrogens (primary N) is 1. The van der Waals surface area contributed by atoms with Crippen LogP contribution in [0.5, 0.6) is 0 Å². The van der Waals surface area contributed by atoms with Crippen LogP contribution in [0.4, 0.5) is 13.6 Å². The van der Waals surface area contributed by atoms with Gasteiger partial charge in [-0.05, 0) is 6.07 Å². The molecule has 1 rings (SSSR count). The molecular weight excluding hydrogens is 232 g/mol. The number of hydrogen-bond donors (Lipinski definition) is 3. The summed E-state index contributed by atoms with van der Waals surface area (Å²) in [6.45, 7) is -0.155. The van der Waals surface area contributed by atoms with E-state index in [0.717, 1.165) is 12.1 Å². The number of halogens is 2. The molecule has 0 aliphatic rings. The molecule has 0 aliphatic heterocycles. The summed E-state index contributed by atoms with van der Waals surface area (Å²) >= 11 is 0. The fraction of sp³-hybridized carbons (Fsp3) is 0.200. The lowest BCUT2D eigenvalue weighted by molar-refractivity contribution is -0.119. The van der Waals surface area contributed by atoms with E-state index in [2.05, 4.69) is 5.32 Å². The largest absolute Gasteiger partial charge is 0.351 e. The van der Waals surface area contributed by atoms with Crippen LogP contribution in [-0.2, 0) is 11.3 Å². The number of benzene rings is 1. The van der Waals surface area contributed by atoms with Gasteiger partial charge in [0.2, 0.25) is 5.91 Å². The van der Waals surface area contributed by atoms with E-state index in [9.17, 15) is 18.4 Å². The average Bonchev–Trinajstić information content (AvgIpc) is 2.20. The first-order valence-corrected chi connectivity index (χ1v) is 4.73. The maximum Gasteiger partial charge on any atom is 0.318 e. The number of carbonyl (C=O) groups excluding carboxylic acids is 2. The Morgan fingerprint density at radius 2 is 2.00 bits per heavy atom. The van der Waals surface area contributed by atoms with E-state index in [0.29, 0.717) is 0 Å². The van der Waals surface area contributed by atoms with Crippen molar-refractivity contribution in [1.82, 2.24) is 10.6 Å². The predicted molar refractivity (Wildman–Crippen MR) is 55.8 cm³/mol. The molecule has 0 atom stereocenters. The molecule has 0 fully saturated rings. The summed E-state index contributed by atoms with van der Waals surface area (Å²) in [5, 5.41) is 4.42. The highest BCUT2D eigenvalue weighted by atomic mass is 19.1. The molecule has 1 aromatic rings. The smallest absolute Gasteiger partial charge is 0.318 e. The molecule has 3 amide bonds. The summed E-state index contributed by atoms with van der Waals surface area (Å²) in [6.07, 6.45) is 0. The van der Waals surface area contributed by atoms with E-state index < -0.39 is 23.6 Å². The van der Waals surface area contributed by atoms with Crippen LogP contribution in [0.2, 0.25) is 0 Å². The molecule has 1 aromatic carbocycles. The topological polar surface area (TPSA) is 84.2 Å². The number of amides is 3. The molecule has 5 nitrogen and oxygen atoms in total. The molecule has 0 unspecified atom stereocenters. The van der Waals surface area contributed by atoms with E-state index >= 15 is 0 Å². The predicted octanol–water partition coefficient (Wildman–Crippen LogP) is 0.249. The Bertz CT molecular complexity index is 438. The zero-order valence-electron chi connectivity index (χ0n) is 8.80. The van der Waals surface area contributed by atoms with E-state index in [1.807, 2.05) is 5.32 Å². The van der Waals surface area contributed by atoms with Gasteiger partial charge in [-0.1, -0.05) is 6.07 Å². The summed E-state index contributed by atoms with van der Waals surface area (Å²) in [5.74, 6) is -1.99. The second kappa shape index (κ2) is 5.90. The lowest BCUT2D eigenvalue weighted by atomic mass is 10.2. The summed E-state index contributed by atoms with van der Waals surface area (Å²) < 4.78 is 25.7. The van der Waals surface area contributed by atoms with Crippen molar-refractivity contribution in [1.29, 1.82) is 0 Å². The Balaban J connectivity index is 2.41. The highest BCUT2D eigenvalue weighted by Gasteiger charge is 2.06. The van der Waals surface area contributed by atoms with Gasteiger partial charge in [0, 0.05) is 18.2 Å². The van der Waals surface area contributed by atoms with Gasteiger partial charge in [-0.2, -0.15) is 0 Å². The number of primary amides is 1. The zero-order chi connectivity index (χ0) is 12.8. The zero-order valence-corrected chi connectivity index (χ0v) is 8.80. The van der Waals surface area contributed by atoms with E-state index in [1.165, 1.54) is 6.07 Å². The van der Waals surface area contributed by atoms with Crippen molar-refractivity contribution < 1.29 is 18.4 Å². The molecular formula is C10H11F2N3O2. The van der Waals surface area contributed by atoms with Gasteiger partial charge in [0.15, 0.2) is 0 Å². The Labute approximate surface area is 96.0 Å². The molecule has 0 saturated carbocycles. The van der Waals surface area contributed by atoms with E-state index in [1.54, 1.807) is 0 Å². The van der Waals surface area contributed by atoms with Gasteiger partial charge in [-0.3, -0.25) is 10.1 Å². The molecule has 0 aliphatic carbocycles. The fourth-order valence-corrected chi connectivity index (χ4v) is 1.16. The summed E-state index contributed by atoms with van der Waals surface area (Å²) in [5.41, 5.74) is 4.94. The van der Waals surface area contributed by atoms with Gasteiger partial charge < -0.3 is 11.1 Å². The Morgan fingerprint density at radius 1 is 1.29 bits per heavy atom. The average molecular weight is 243 g/mol. The molecule has 0 heterocycles. The van der Waals surface area contributed by atoms with Crippen LogP contribution in [0.25, 0.3) is 0 Å². The van der Waals surface area contributed by atoms with Crippen molar-refractivity contribution in [2.45, 2.75) is 6.54 Å². The normalized spacial score (nSPS) is 10.0. The van der Waals surface area contributed by atoms with Crippen LogP contribution >= 0.6 is 0 Å². The van der Waals surface area contributed by atoms with Crippen LogP contribution < -0.4 is 16.4 Å². The van der Waals surface area contributed by atoms with Crippen molar-refractivity contribution >= 4 is 11.9 Å². The lowest BCUT2D eigenvalue weighted by Crippen LogP contribution is -2.40. The van der Waals surface area contributed by atoms with Crippen LogP contribution in [0.3, 0.4) is 0 Å². The molecule has 17 heavy (non-hydrogen) atoms. The third kappa shape index (κ3) is 4.56. The fourth-order valence-electron chi connectivity index (χ4n) is 1.16. The molecule has 0 aromatic heterocycles. The van der Waals surface area contributed by atoms with Crippen LogP contribution in [0.15, 0.2) is 18.2 Å². The first kappa shape index (κ1) is 13.0. The quantitative estimate of drug-likeness (QED) is 0.708. The van der Waals surface area contributed by atoms with Gasteiger partial charge in [0.1, 0.15) is 11.6 Å². The van der Waals surface area contributed by atoms with Crippen molar-refractivity contribution in [3.63, 3.8) is 0 Å². The van der Waals surface area contributed by atoms with Crippen molar-refractivity contribution in [2.24, 2.45) is 5.73 Å². The van der Waals surface area contributed by atoms with E-state index in [4.69, 9.17) is 5.73 Å². The van der Waals surface area contributed by atoms with Gasteiger partial charge in [0.25, 0.3) is 0 Å². The number of nitrogens with one attached hydrogen (secondary N) is 2. The second-order valence-corrected chi connectivity index (χ2v) is 3.25. The third-order valence-electron chi connectivity index (χ3n) is 1.88. The van der Waals surface area contributed by atoms with Crippen LogP contribution in [-0.4, -0.2) is 18.5 Å². The molecule has 0 bridgehead atoms.